The molecule has 0 nitrogen and oxygen atoms in total. The minimum absolute atomic E-state index is 1.32. The highest BCUT2D eigenvalue weighted by Gasteiger charge is 1.95. The van der Waals surface area contributed by atoms with Gasteiger partial charge in [-0.3, -0.25) is 0 Å². The molecule has 1 fully saturated rings. The van der Waals surface area contributed by atoms with Crippen molar-refractivity contribution >= 4 is 0 Å². The molecule has 0 radical (unpaired) electrons. The Morgan fingerprint density at radius 2 is 0.938 bits per heavy atom. The summed E-state index contributed by atoms with van der Waals surface area (Å²) in [5, 5.41) is 0. The monoisotopic (exact) mass is 226 g/mol. The molecule has 1 aliphatic carbocycles. The van der Waals surface area contributed by atoms with Gasteiger partial charge in [0.05, 0.1) is 0 Å². The van der Waals surface area contributed by atoms with Crippen LogP contribution in [-0.2, 0) is 0 Å². The summed E-state index contributed by atoms with van der Waals surface area (Å²) in [5.74, 6) is 0. The van der Waals surface area contributed by atoms with E-state index in [1.807, 2.05) is 0 Å². The quantitative estimate of drug-likeness (QED) is 0.395. The lowest BCUT2D eigenvalue weighted by Crippen LogP contribution is -1.59. The van der Waals surface area contributed by atoms with E-state index in [-0.39, 0.29) is 0 Å². The average molecular weight is 226 g/mol. The maximum atomic E-state index is 4.00. The fourth-order valence-corrected chi connectivity index (χ4v) is 0.354. The van der Waals surface area contributed by atoms with E-state index in [4.69, 9.17) is 0 Å². The summed E-state index contributed by atoms with van der Waals surface area (Å²) in [4.78, 5) is 0. The Bertz CT molecular complexity index is 72.5. The van der Waals surface area contributed by atoms with Crippen LogP contribution >= 0.6 is 0 Å². The predicted molar refractivity (Wildman–Crippen MR) is 80.8 cm³/mol. The van der Waals surface area contributed by atoms with E-state index >= 15 is 0 Å². The Labute approximate surface area is 106 Å². The van der Waals surface area contributed by atoms with Crippen LogP contribution in [0.5, 0.6) is 0 Å². The summed E-state index contributed by atoms with van der Waals surface area (Å²) in [5.41, 5.74) is 0. The minimum Gasteiger partial charge on any atom is -0.124 e. The van der Waals surface area contributed by atoms with Gasteiger partial charge in [-0.15, -0.1) is 26.0 Å². The summed E-state index contributed by atoms with van der Waals surface area (Å²) >= 11 is 0. The third-order valence-corrected chi connectivity index (χ3v) is 1.56. The van der Waals surface area contributed by atoms with E-state index in [1.165, 1.54) is 51.4 Å². The minimum atomic E-state index is 1.32. The van der Waals surface area contributed by atoms with E-state index in [9.17, 15) is 0 Å². The Morgan fingerprint density at radius 3 is 0.938 bits per heavy atom. The van der Waals surface area contributed by atoms with Gasteiger partial charge in [0.2, 0.25) is 0 Å². The van der Waals surface area contributed by atoms with Crippen LogP contribution in [0.1, 0.15) is 79.1 Å². The highest BCUT2D eigenvalue weighted by molar-refractivity contribution is 4.50. The SMILES string of the molecule is C#C.C1CC1.C=C.CCCC.CCCCC. The first-order chi connectivity index (χ1) is 7.83. The van der Waals surface area contributed by atoms with Crippen molar-refractivity contribution in [3.8, 4) is 12.8 Å². The molecule has 98 valence electrons. The number of hydrogen-bond acceptors (Lipinski definition) is 0. The van der Waals surface area contributed by atoms with Crippen LogP contribution < -0.4 is 0 Å². The van der Waals surface area contributed by atoms with Crippen molar-refractivity contribution in [3.05, 3.63) is 13.2 Å². The Kier molecular flexibility index (Phi) is 72.7. The average Bonchev–Trinajstić information content (AvgIpc) is 3.23. The van der Waals surface area contributed by atoms with E-state index in [1.54, 1.807) is 0 Å². The van der Waals surface area contributed by atoms with Crippen LogP contribution in [0.2, 0.25) is 0 Å². The summed E-state index contributed by atoms with van der Waals surface area (Å²) in [6.07, 6.45) is 19.2. The zero-order chi connectivity index (χ0) is 13.7. The van der Waals surface area contributed by atoms with Crippen molar-refractivity contribution in [2.45, 2.75) is 79.1 Å². The maximum Gasteiger partial charge on any atom is -0.0533 e. The third kappa shape index (κ3) is 185. The van der Waals surface area contributed by atoms with Crippen LogP contribution in [-0.4, -0.2) is 0 Å². The van der Waals surface area contributed by atoms with Crippen LogP contribution in [0.3, 0.4) is 0 Å². The van der Waals surface area contributed by atoms with Gasteiger partial charge >= 0.3 is 0 Å². The summed E-state index contributed by atoms with van der Waals surface area (Å²) in [7, 11) is 0. The molecule has 0 saturated heterocycles. The molecule has 0 aromatic rings. The van der Waals surface area contributed by atoms with E-state index in [2.05, 4.69) is 53.7 Å². The van der Waals surface area contributed by atoms with Gasteiger partial charge in [-0.25, -0.2) is 0 Å². The van der Waals surface area contributed by atoms with Crippen LogP contribution in [0.15, 0.2) is 13.2 Å². The first-order valence-electron chi connectivity index (χ1n) is 6.66. The van der Waals surface area contributed by atoms with Gasteiger partial charge in [-0.2, -0.15) is 0 Å². The van der Waals surface area contributed by atoms with Gasteiger partial charge in [0.15, 0.2) is 0 Å². The Morgan fingerprint density at radius 1 is 0.688 bits per heavy atom. The normalized spacial score (nSPS) is 9.38. The number of hydrogen-bond donors (Lipinski definition) is 0. The van der Waals surface area contributed by atoms with E-state index in [0.29, 0.717) is 0 Å². The lowest BCUT2D eigenvalue weighted by Gasteiger charge is -1.79. The molecule has 0 amide bonds. The Balaban J connectivity index is -0.0000000592. The molecule has 0 bridgehead atoms. The molecular weight excluding hydrogens is 192 g/mol. The van der Waals surface area contributed by atoms with Crippen molar-refractivity contribution in [2.75, 3.05) is 0 Å². The molecular formula is C16H34. The maximum absolute atomic E-state index is 4.00. The molecule has 0 spiro atoms. The molecule has 0 heterocycles. The lowest BCUT2D eigenvalue weighted by molar-refractivity contribution is 0.772. The van der Waals surface area contributed by atoms with Gasteiger partial charge in [0.25, 0.3) is 0 Å². The summed E-state index contributed by atoms with van der Waals surface area (Å²) < 4.78 is 0. The second-order valence-electron chi connectivity index (χ2n) is 3.41. The molecule has 16 heavy (non-hydrogen) atoms. The summed E-state index contributed by atoms with van der Waals surface area (Å²) in [6.45, 7) is 14.8. The molecule has 0 N–H and O–H groups in total. The van der Waals surface area contributed by atoms with Gasteiger partial charge in [0, 0.05) is 0 Å². The fraction of sp³-hybridized carbons (Fsp3) is 0.750. The highest BCUT2D eigenvalue weighted by Crippen LogP contribution is 2.14. The fourth-order valence-electron chi connectivity index (χ4n) is 0.354. The van der Waals surface area contributed by atoms with E-state index < -0.39 is 0 Å². The second-order valence-corrected chi connectivity index (χ2v) is 3.41. The number of unbranched alkanes of at least 4 members (excludes halogenated alkanes) is 3. The molecule has 0 aliphatic heterocycles. The van der Waals surface area contributed by atoms with Crippen molar-refractivity contribution < 1.29 is 0 Å². The third-order valence-electron chi connectivity index (χ3n) is 1.56. The first-order valence-corrected chi connectivity index (χ1v) is 6.66. The molecule has 0 atom stereocenters. The van der Waals surface area contributed by atoms with E-state index in [0.717, 1.165) is 0 Å². The topological polar surface area (TPSA) is 0 Å². The highest BCUT2D eigenvalue weighted by atomic mass is 14.0. The molecule has 1 rings (SSSR count). The zero-order valence-corrected chi connectivity index (χ0v) is 12.2. The van der Waals surface area contributed by atoms with Crippen molar-refractivity contribution in [3.63, 3.8) is 0 Å². The number of terminal acetylenes is 1. The van der Waals surface area contributed by atoms with Crippen LogP contribution in [0.4, 0.5) is 0 Å². The van der Waals surface area contributed by atoms with Gasteiger partial charge < -0.3 is 0 Å². The molecule has 1 saturated carbocycles. The second kappa shape index (κ2) is 47.5. The standard InChI is InChI=1S/C5H12.C4H10.C3H6.C2H4.C2H2/c1-3-5-4-2;1-3-4-2;1-2-3-1;2*1-2/h3-5H2,1-2H3;3-4H2,1-2H3;1-3H2;1-2H2;1-2H. The first kappa shape index (κ1) is 24.5. The van der Waals surface area contributed by atoms with Crippen molar-refractivity contribution in [1.82, 2.24) is 0 Å². The summed E-state index contributed by atoms with van der Waals surface area (Å²) in [6, 6.07) is 0. The van der Waals surface area contributed by atoms with Gasteiger partial charge in [-0.1, -0.05) is 79.1 Å². The van der Waals surface area contributed by atoms with Crippen molar-refractivity contribution in [2.24, 2.45) is 0 Å². The van der Waals surface area contributed by atoms with Gasteiger partial charge in [-0.05, 0) is 0 Å². The lowest BCUT2D eigenvalue weighted by atomic mass is 10.3. The molecule has 0 unspecified atom stereocenters. The smallest absolute Gasteiger partial charge is 0.0533 e. The zero-order valence-electron chi connectivity index (χ0n) is 12.2. The van der Waals surface area contributed by atoms with Crippen LogP contribution in [0.25, 0.3) is 0 Å². The largest absolute Gasteiger partial charge is 0.124 e. The molecule has 0 heteroatoms. The van der Waals surface area contributed by atoms with Gasteiger partial charge in [0.1, 0.15) is 0 Å². The van der Waals surface area contributed by atoms with Crippen LogP contribution in [0, 0.1) is 12.8 Å². The molecule has 0 aromatic carbocycles. The molecule has 0 aromatic heterocycles. The molecule has 1 aliphatic rings. The Hall–Kier alpha value is -0.700. The van der Waals surface area contributed by atoms with Crippen molar-refractivity contribution in [1.29, 1.82) is 0 Å². The predicted octanol–water partition coefficient (Wildman–Crippen LogP) is 6.22. The number of rotatable bonds is 3.